The fourth-order valence-corrected chi connectivity index (χ4v) is 5.24. The number of methoxy groups -OCH3 is 2. The van der Waals surface area contributed by atoms with Crippen LogP contribution in [0.5, 0.6) is 0 Å². The minimum atomic E-state index is -0.627. The van der Waals surface area contributed by atoms with Gasteiger partial charge in [0.25, 0.3) is 0 Å². The average Bonchev–Trinajstić information content (AvgIpc) is 2.56. The van der Waals surface area contributed by atoms with Gasteiger partial charge in [-0.25, -0.2) is 0 Å². The summed E-state index contributed by atoms with van der Waals surface area (Å²) in [5, 5.41) is 0. The Hall–Kier alpha value is -1.91. The average molecular weight is 332 g/mol. The molecule has 0 radical (unpaired) electrons. The molecule has 0 aliphatic heterocycles. The van der Waals surface area contributed by atoms with Crippen molar-refractivity contribution in [3.8, 4) is 0 Å². The molecule has 3 aliphatic rings. The summed E-state index contributed by atoms with van der Waals surface area (Å²) in [6.45, 7) is 3.96. The zero-order chi connectivity index (χ0) is 17.7. The molecule has 1 fully saturated rings. The molecule has 3 aliphatic carbocycles. The van der Waals surface area contributed by atoms with Gasteiger partial charge in [-0.3, -0.25) is 14.4 Å². The third kappa shape index (κ3) is 2.10. The summed E-state index contributed by atoms with van der Waals surface area (Å²) >= 11 is 0. The number of hydrogen-bond acceptors (Lipinski definition) is 5. The summed E-state index contributed by atoms with van der Waals surface area (Å²) in [6.07, 6.45) is 4.91. The van der Waals surface area contributed by atoms with E-state index >= 15 is 0 Å². The zero-order valence-corrected chi connectivity index (χ0v) is 14.7. The van der Waals surface area contributed by atoms with E-state index in [4.69, 9.17) is 9.47 Å². The molecule has 130 valence electrons. The summed E-state index contributed by atoms with van der Waals surface area (Å²) in [6, 6.07) is 0. The topological polar surface area (TPSA) is 69.7 Å². The number of Topliss-reactive ketones (excluding diaryl/α,β-unsaturated/α-hetero) is 1. The predicted molar refractivity (Wildman–Crippen MR) is 86.9 cm³/mol. The quantitative estimate of drug-likeness (QED) is 0.574. The third-order valence-corrected chi connectivity index (χ3v) is 6.37. The Kier molecular flexibility index (Phi) is 3.93. The van der Waals surface area contributed by atoms with Crippen LogP contribution in [0.15, 0.2) is 23.0 Å². The number of rotatable bonds is 2. The van der Waals surface area contributed by atoms with Crippen molar-refractivity contribution >= 4 is 17.5 Å². The third-order valence-electron chi connectivity index (χ3n) is 6.37. The van der Waals surface area contributed by atoms with Crippen LogP contribution in [0.4, 0.5) is 0 Å². The van der Waals surface area contributed by atoms with Gasteiger partial charge >= 0.3 is 5.97 Å². The number of fused-ring (bicyclic) bond motifs is 2. The first-order chi connectivity index (χ1) is 11.3. The summed E-state index contributed by atoms with van der Waals surface area (Å²) in [4.78, 5) is 37.9. The van der Waals surface area contributed by atoms with Crippen LogP contribution in [0, 0.1) is 16.7 Å². The first-order valence-corrected chi connectivity index (χ1v) is 8.46. The van der Waals surface area contributed by atoms with E-state index in [0.29, 0.717) is 17.6 Å². The van der Waals surface area contributed by atoms with Gasteiger partial charge in [-0.1, -0.05) is 13.3 Å². The summed E-state index contributed by atoms with van der Waals surface area (Å²) in [5.41, 5.74) is 0.0454. The van der Waals surface area contributed by atoms with E-state index in [-0.39, 0.29) is 29.2 Å². The van der Waals surface area contributed by atoms with Crippen LogP contribution in [0.1, 0.15) is 46.0 Å². The van der Waals surface area contributed by atoms with Gasteiger partial charge in [0, 0.05) is 22.6 Å². The largest absolute Gasteiger partial charge is 0.493 e. The van der Waals surface area contributed by atoms with Crippen LogP contribution >= 0.6 is 0 Å². The number of allylic oxidation sites excluding steroid dienone is 3. The smallest absolute Gasteiger partial charge is 0.311 e. The fraction of sp³-hybridized carbons (Fsp3) is 0.632. The van der Waals surface area contributed by atoms with E-state index in [9.17, 15) is 14.4 Å². The molecule has 1 saturated carbocycles. The number of ether oxygens (including phenoxy) is 2. The van der Waals surface area contributed by atoms with Crippen molar-refractivity contribution in [2.24, 2.45) is 16.7 Å². The molecule has 0 unspecified atom stereocenters. The van der Waals surface area contributed by atoms with Crippen molar-refractivity contribution in [3.63, 3.8) is 0 Å². The molecule has 0 aromatic carbocycles. The van der Waals surface area contributed by atoms with E-state index in [0.717, 1.165) is 25.7 Å². The molecule has 0 aromatic heterocycles. The molecule has 0 bridgehead atoms. The molecule has 0 spiro atoms. The zero-order valence-electron chi connectivity index (χ0n) is 14.7. The van der Waals surface area contributed by atoms with Gasteiger partial charge in [0.15, 0.2) is 11.5 Å². The minimum absolute atomic E-state index is 0.0158. The van der Waals surface area contributed by atoms with Gasteiger partial charge in [0.05, 0.1) is 19.6 Å². The highest BCUT2D eigenvalue weighted by atomic mass is 16.5. The normalized spacial score (nSPS) is 35.8. The molecule has 3 rings (SSSR count). The van der Waals surface area contributed by atoms with Crippen LogP contribution in [-0.4, -0.2) is 31.8 Å². The molecule has 0 N–H and O–H groups in total. The standard InChI is InChI=1S/C19H24O5/c1-18-8-5-9-19(2,17(22)24-4)14(18)7-6-11-12(20)10-13(23-3)16(21)15(11)18/h10,14H,5-9H2,1-4H3/t14-,18+,19+/m1/s1. The van der Waals surface area contributed by atoms with Gasteiger partial charge in [-0.15, -0.1) is 0 Å². The number of hydrogen-bond donors (Lipinski definition) is 0. The maximum Gasteiger partial charge on any atom is 0.311 e. The van der Waals surface area contributed by atoms with Crippen molar-refractivity contribution < 1.29 is 23.9 Å². The SMILES string of the molecule is COC(=O)[C@@]1(C)CCC[C@]2(C)C3=C(CC[C@@H]12)C(=O)C=C(OC)C3=O. The lowest BCUT2D eigenvalue weighted by atomic mass is 9.48. The van der Waals surface area contributed by atoms with Gasteiger partial charge in [-0.2, -0.15) is 0 Å². The van der Waals surface area contributed by atoms with Crippen molar-refractivity contribution in [2.75, 3.05) is 14.2 Å². The number of carbonyl (C=O) groups is 3. The van der Waals surface area contributed by atoms with Gasteiger partial charge in [-0.05, 0) is 38.5 Å². The lowest BCUT2D eigenvalue weighted by molar-refractivity contribution is -0.163. The highest BCUT2D eigenvalue weighted by Crippen LogP contribution is 2.61. The van der Waals surface area contributed by atoms with Crippen LogP contribution in [0.25, 0.3) is 0 Å². The Balaban J connectivity index is 2.12. The molecule has 0 aromatic rings. The summed E-state index contributed by atoms with van der Waals surface area (Å²) in [7, 11) is 2.82. The molecule has 5 nitrogen and oxygen atoms in total. The monoisotopic (exact) mass is 332 g/mol. The Morgan fingerprint density at radius 3 is 2.54 bits per heavy atom. The first-order valence-electron chi connectivity index (χ1n) is 8.46. The van der Waals surface area contributed by atoms with E-state index < -0.39 is 10.8 Å². The second-order valence-corrected chi connectivity index (χ2v) is 7.53. The van der Waals surface area contributed by atoms with Gasteiger partial charge < -0.3 is 9.47 Å². The molecule has 0 amide bonds. The molecular weight excluding hydrogens is 308 g/mol. The van der Waals surface area contributed by atoms with Crippen molar-refractivity contribution in [1.82, 2.24) is 0 Å². The highest BCUT2D eigenvalue weighted by molar-refractivity contribution is 6.22. The first kappa shape index (κ1) is 16.9. The second-order valence-electron chi connectivity index (χ2n) is 7.53. The summed E-state index contributed by atoms with van der Waals surface area (Å²) in [5.74, 6) is -0.469. The van der Waals surface area contributed by atoms with Crippen LogP contribution in [0.2, 0.25) is 0 Å². The maximum absolute atomic E-state index is 12.9. The van der Waals surface area contributed by atoms with E-state index in [1.165, 1.54) is 20.3 Å². The molecular formula is C19H24O5. The van der Waals surface area contributed by atoms with Crippen LogP contribution in [-0.2, 0) is 23.9 Å². The molecule has 0 heterocycles. The lowest BCUT2D eigenvalue weighted by Crippen LogP contribution is -2.53. The molecule has 3 atom stereocenters. The van der Waals surface area contributed by atoms with Crippen molar-refractivity contribution in [2.45, 2.75) is 46.0 Å². The van der Waals surface area contributed by atoms with Crippen LogP contribution in [0.3, 0.4) is 0 Å². The molecule has 0 saturated heterocycles. The second kappa shape index (κ2) is 5.57. The van der Waals surface area contributed by atoms with Gasteiger partial charge in [0.2, 0.25) is 5.78 Å². The number of esters is 1. The van der Waals surface area contributed by atoms with Crippen LogP contribution < -0.4 is 0 Å². The fourth-order valence-electron chi connectivity index (χ4n) is 5.24. The van der Waals surface area contributed by atoms with E-state index in [1.807, 2.05) is 13.8 Å². The minimum Gasteiger partial charge on any atom is -0.493 e. The molecule has 5 heteroatoms. The summed E-state index contributed by atoms with van der Waals surface area (Å²) < 4.78 is 10.2. The molecule has 24 heavy (non-hydrogen) atoms. The van der Waals surface area contributed by atoms with Crippen molar-refractivity contribution in [1.29, 1.82) is 0 Å². The Morgan fingerprint density at radius 1 is 1.21 bits per heavy atom. The Morgan fingerprint density at radius 2 is 1.92 bits per heavy atom. The Labute approximate surface area is 142 Å². The Bertz CT molecular complexity index is 686. The van der Waals surface area contributed by atoms with E-state index in [2.05, 4.69) is 0 Å². The van der Waals surface area contributed by atoms with Gasteiger partial charge in [0.1, 0.15) is 0 Å². The number of carbonyl (C=O) groups excluding carboxylic acids is 3. The maximum atomic E-state index is 12.9. The number of ketones is 2. The predicted octanol–water partition coefficient (Wildman–Crippen LogP) is 2.74. The highest BCUT2D eigenvalue weighted by Gasteiger charge is 2.58. The van der Waals surface area contributed by atoms with E-state index in [1.54, 1.807) is 0 Å². The van der Waals surface area contributed by atoms with Crippen molar-refractivity contribution in [3.05, 3.63) is 23.0 Å². The lowest BCUT2D eigenvalue weighted by Gasteiger charge is -2.54.